The van der Waals surface area contributed by atoms with Crippen LogP contribution in [0.25, 0.3) is 0 Å². The van der Waals surface area contributed by atoms with Crippen molar-refractivity contribution in [3.8, 4) is 0 Å². The lowest BCUT2D eigenvalue weighted by molar-refractivity contribution is 0.0963. The fourth-order valence-electron chi connectivity index (χ4n) is 3.49. The van der Waals surface area contributed by atoms with E-state index in [4.69, 9.17) is 4.99 Å². The molecule has 0 bridgehead atoms. The molecule has 2 heterocycles. The van der Waals surface area contributed by atoms with Gasteiger partial charge >= 0.3 is 0 Å². The lowest BCUT2D eigenvalue weighted by atomic mass is 10.1. The third-order valence-electron chi connectivity index (χ3n) is 5.03. The second kappa shape index (κ2) is 10.6. The van der Waals surface area contributed by atoms with Crippen molar-refractivity contribution in [1.29, 1.82) is 0 Å². The molecule has 3 rings (SSSR count). The number of hydrogen-bond acceptors (Lipinski definition) is 4. The Bertz CT molecular complexity index is 843. The Hall–Kier alpha value is -2.90. The van der Waals surface area contributed by atoms with E-state index in [0.29, 0.717) is 12.1 Å². The summed E-state index contributed by atoms with van der Waals surface area (Å²) >= 11 is 0. The lowest BCUT2D eigenvalue weighted by Gasteiger charge is -2.12. The molecule has 1 aromatic carbocycles. The van der Waals surface area contributed by atoms with Crippen molar-refractivity contribution in [2.45, 2.75) is 52.1 Å². The van der Waals surface area contributed by atoms with Crippen molar-refractivity contribution in [2.24, 2.45) is 4.99 Å². The molecule has 0 atom stereocenters. The molecule has 29 heavy (non-hydrogen) atoms. The van der Waals surface area contributed by atoms with Gasteiger partial charge in [-0.1, -0.05) is 18.6 Å². The number of nitrogens with one attached hydrogen (secondary N) is 3. The Morgan fingerprint density at radius 2 is 2.10 bits per heavy atom. The molecule has 2 aromatic rings. The van der Waals surface area contributed by atoms with Gasteiger partial charge in [-0.15, -0.1) is 10.2 Å². The molecule has 0 saturated heterocycles. The molecule has 156 valence electrons. The molecular formula is C21H31N7O. The minimum atomic E-state index is -0.0675. The van der Waals surface area contributed by atoms with E-state index in [1.54, 1.807) is 7.05 Å². The first-order valence-corrected chi connectivity index (χ1v) is 10.5. The standard InChI is InChI=1S/C21H31N7O/c1-3-23-21(24-12-11-16-8-7-9-17(14-16)20(29)22-2)25-15-19-27-26-18-10-5-4-6-13-28(18)19/h7-9,14H,3-6,10-13,15H2,1-2H3,(H,22,29)(H2,23,24,25). The first-order chi connectivity index (χ1) is 14.2. The second-order valence-corrected chi connectivity index (χ2v) is 7.15. The summed E-state index contributed by atoms with van der Waals surface area (Å²) in [5, 5.41) is 18.0. The third-order valence-corrected chi connectivity index (χ3v) is 5.03. The van der Waals surface area contributed by atoms with Gasteiger partial charge in [0.1, 0.15) is 12.4 Å². The van der Waals surface area contributed by atoms with E-state index in [-0.39, 0.29) is 5.91 Å². The van der Waals surface area contributed by atoms with E-state index < -0.39 is 0 Å². The van der Waals surface area contributed by atoms with Crippen LogP contribution in [0.4, 0.5) is 0 Å². The largest absolute Gasteiger partial charge is 0.357 e. The van der Waals surface area contributed by atoms with Crippen molar-refractivity contribution >= 4 is 11.9 Å². The maximum atomic E-state index is 11.8. The monoisotopic (exact) mass is 397 g/mol. The van der Waals surface area contributed by atoms with Crippen molar-refractivity contribution in [1.82, 2.24) is 30.7 Å². The van der Waals surface area contributed by atoms with Crippen LogP contribution < -0.4 is 16.0 Å². The number of aryl methyl sites for hydroxylation is 1. The summed E-state index contributed by atoms with van der Waals surface area (Å²) in [6, 6.07) is 7.69. The predicted octanol–water partition coefficient (Wildman–Crippen LogP) is 1.66. The summed E-state index contributed by atoms with van der Waals surface area (Å²) in [5.74, 6) is 2.71. The van der Waals surface area contributed by atoms with Gasteiger partial charge in [-0.05, 0) is 43.9 Å². The van der Waals surface area contributed by atoms with Crippen LogP contribution in [0.5, 0.6) is 0 Å². The van der Waals surface area contributed by atoms with Crippen molar-refractivity contribution < 1.29 is 4.79 Å². The fraction of sp³-hybridized carbons (Fsp3) is 0.524. The number of amides is 1. The Labute approximate surface area is 172 Å². The highest BCUT2D eigenvalue weighted by Crippen LogP contribution is 2.14. The topological polar surface area (TPSA) is 96.2 Å². The summed E-state index contributed by atoms with van der Waals surface area (Å²) in [7, 11) is 1.64. The zero-order valence-electron chi connectivity index (χ0n) is 17.4. The van der Waals surface area contributed by atoms with E-state index in [1.165, 1.54) is 19.3 Å². The number of guanidine groups is 1. The van der Waals surface area contributed by atoms with Gasteiger partial charge in [0.05, 0.1) is 0 Å². The molecule has 1 aliphatic rings. The number of hydrogen-bond donors (Lipinski definition) is 3. The fourth-order valence-corrected chi connectivity index (χ4v) is 3.49. The van der Waals surface area contributed by atoms with Crippen LogP contribution in [-0.2, 0) is 25.9 Å². The summed E-state index contributed by atoms with van der Waals surface area (Å²) in [6.45, 7) is 5.05. The summed E-state index contributed by atoms with van der Waals surface area (Å²) in [6.07, 6.45) is 5.42. The summed E-state index contributed by atoms with van der Waals surface area (Å²) in [4.78, 5) is 16.5. The average Bonchev–Trinajstić information content (AvgIpc) is 2.97. The third kappa shape index (κ3) is 5.79. The molecule has 0 radical (unpaired) electrons. The molecule has 3 N–H and O–H groups in total. The smallest absolute Gasteiger partial charge is 0.251 e. The van der Waals surface area contributed by atoms with Gasteiger partial charge < -0.3 is 20.5 Å². The minimum Gasteiger partial charge on any atom is -0.357 e. The second-order valence-electron chi connectivity index (χ2n) is 7.15. The summed E-state index contributed by atoms with van der Waals surface area (Å²) < 4.78 is 2.23. The van der Waals surface area contributed by atoms with E-state index in [0.717, 1.165) is 55.6 Å². The Morgan fingerprint density at radius 3 is 2.93 bits per heavy atom. The number of benzene rings is 1. The van der Waals surface area contributed by atoms with Crippen LogP contribution in [0.2, 0.25) is 0 Å². The first kappa shape index (κ1) is 20.8. The minimum absolute atomic E-state index is 0.0675. The van der Waals surface area contributed by atoms with Gasteiger partial charge in [0, 0.05) is 38.7 Å². The molecule has 1 aliphatic heterocycles. The summed E-state index contributed by atoms with van der Waals surface area (Å²) in [5.41, 5.74) is 1.79. The van der Waals surface area contributed by atoms with Gasteiger partial charge in [0.2, 0.25) is 0 Å². The zero-order valence-corrected chi connectivity index (χ0v) is 17.4. The predicted molar refractivity (Wildman–Crippen MR) is 114 cm³/mol. The van der Waals surface area contributed by atoms with Gasteiger partial charge in [-0.25, -0.2) is 4.99 Å². The SMILES string of the molecule is CCNC(=NCc1nnc2n1CCCCC2)NCCc1cccc(C(=O)NC)c1. The van der Waals surface area contributed by atoms with E-state index in [2.05, 4.69) is 30.7 Å². The Morgan fingerprint density at radius 1 is 1.21 bits per heavy atom. The number of fused-ring (bicyclic) bond motifs is 1. The molecule has 8 nitrogen and oxygen atoms in total. The number of carbonyl (C=O) groups excluding carboxylic acids is 1. The van der Waals surface area contributed by atoms with E-state index in [1.807, 2.05) is 31.2 Å². The molecule has 1 aromatic heterocycles. The van der Waals surface area contributed by atoms with Crippen molar-refractivity contribution in [2.75, 3.05) is 20.1 Å². The van der Waals surface area contributed by atoms with Crippen molar-refractivity contribution in [3.05, 3.63) is 47.0 Å². The van der Waals surface area contributed by atoms with Crippen molar-refractivity contribution in [3.63, 3.8) is 0 Å². The highest BCUT2D eigenvalue weighted by molar-refractivity contribution is 5.94. The molecule has 0 fully saturated rings. The number of aliphatic imine (C=N–C) groups is 1. The number of carbonyl (C=O) groups is 1. The van der Waals surface area contributed by atoms with Crippen LogP contribution in [0.1, 0.15) is 53.8 Å². The van der Waals surface area contributed by atoms with Crippen LogP contribution in [-0.4, -0.2) is 46.8 Å². The average molecular weight is 398 g/mol. The van der Waals surface area contributed by atoms with Crippen LogP contribution in [0.15, 0.2) is 29.3 Å². The highest BCUT2D eigenvalue weighted by Gasteiger charge is 2.14. The molecule has 1 amide bonds. The highest BCUT2D eigenvalue weighted by atomic mass is 16.1. The molecule has 0 unspecified atom stereocenters. The maximum absolute atomic E-state index is 11.8. The Balaban J connectivity index is 1.58. The number of nitrogens with zero attached hydrogens (tertiary/aromatic N) is 4. The van der Waals surface area contributed by atoms with Gasteiger partial charge in [0.25, 0.3) is 5.91 Å². The lowest BCUT2D eigenvalue weighted by Crippen LogP contribution is -2.38. The van der Waals surface area contributed by atoms with E-state index >= 15 is 0 Å². The van der Waals surface area contributed by atoms with Gasteiger partial charge in [-0.3, -0.25) is 4.79 Å². The molecule has 0 aliphatic carbocycles. The zero-order chi connectivity index (χ0) is 20.5. The molecule has 8 heteroatoms. The van der Waals surface area contributed by atoms with Gasteiger partial charge in [0.15, 0.2) is 11.8 Å². The Kier molecular flexibility index (Phi) is 7.61. The quantitative estimate of drug-likeness (QED) is 0.488. The van der Waals surface area contributed by atoms with Crippen LogP contribution >= 0.6 is 0 Å². The van der Waals surface area contributed by atoms with Crippen LogP contribution in [0.3, 0.4) is 0 Å². The van der Waals surface area contributed by atoms with E-state index in [9.17, 15) is 4.79 Å². The maximum Gasteiger partial charge on any atom is 0.251 e. The molecule has 0 spiro atoms. The first-order valence-electron chi connectivity index (χ1n) is 10.5. The number of rotatable bonds is 7. The normalized spacial score (nSPS) is 14.1. The number of aromatic nitrogens is 3. The molecule has 0 saturated carbocycles. The molecular weight excluding hydrogens is 366 g/mol. The van der Waals surface area contributed by atoms with Gasteiger partial charge in [-0.2, -0.15) is 0 Å². The van der Waals surface area contributed by atoms with Crippen LogP contribution in [0, 0.1) is 0 Å².